The third-order valence-corrected chi connectivity index (χ3v) is 1.94. The van der Waals surface area contributed by atoms with Crippen LogP contribution in [0.15, 0.2) is 12.2 Å². The largest absolute Gasteiger partial charge is 0.327 e. The molecule has 0 rings (SSSR count). The molecule has 0 fully saturated rings. The van der Waals surface area contributed by atoms with Gasteiger partial charge in [0.05, 0.1) is 12.0 Å². The van der Waals surface area contributed by atoms with Gasteiger partial charge in [-0.05, 0) is 19.0 Å². The molecule has 3 heteroatoms. The van der Waals surface area contributed by atoms with E-state index in [0.29, 0.717) is 6.54 Å². The van der Waals surface area contributed by atoms with Crippen molar-refractivity contribution in [3.05, 3.63) is 12.2 Å². The SMILES string of the molecule is C=C(CN)CN(CC)CC(C)C#N. The number of nitriles is 1. The zero-order chi connectivity index (χ0) is 10.3. The van der Waals surface area contributed by atoms with Crippen LogP contribution in [-0.2, 0) is 0 Å². The predicted octanol–water partition coefficient (Wildman–Crippen LogP) is 0.983. The molecule has 0 aliphatic carbocycles. The number of nitrogens with zero attached hydrogens (tertiary/aromatic N) is 2. The second-order valence-electron chi connectivity index (χ2n) is 3.31. The lowest BCUT2D eigenvalue weighted by Crippen LogP contribution is -2.31. The van der Waals surface area contributed by atoms with Gasteiger partial charge < -0.3 is 5.73 Å². The third-order valence-electron chi connectivity index (χ3n) is 1.94. The topological polar surface area (TPSA) is 53.0 Å². The molecular weight excluding hydrogens is 162 g/mol. The predicted molar refractivity (Wildman–Crippen MR) is 55.1 cm³/mol. The molecule has 0 saturated heterocycles. The molecule has 0 saturated carbocycles. The summed E-state index contributed by atoms with van der Waals surface area (Å²) >= 11 is 0. The van der Waals surface area contributed by atoms with E-state index in [2.05, 4.69) is 24.5 Å². The Morgan fingerprint density at radius 2 is 2.31 bits per heavy atom. The van der Waals surface area contributed by atoms with Gasteiger partial charge in [0.15, 0.2) is 0 Å². The van der Waals surface area contributed by atoms with Crippen molar-refractivity contribution in [2.75, 3.05) is 26.2 Å². The zero-order valence-electron chi connectivity index (χ0n) is 8.58. The average molecular weight is 181 g/mol. The Kier molecular flexibility index (Phi) is 6.21. The minimum Gasteiger partial charge on any atom is -0.327 e. The van der Waals surface area contributed by atoms with Crippen LogP contribution in [-0.4, -0.2) is 31.1 Å². The van der Waals surface area contributed by atoms with Crippen molar-refractivity contribution in [3.8, 4) is 6.07 Å². The zero-order valence-corrected chi connectivity index (χ0v) is 8.58. The highest BCUT2D eigenvalue weighted by atomic mass is 15.1. The Labute approximate surface area is 80.8 Å². The van der Waals surface area contributed by atoms with E-state index in [4.69, 9.17) is 11.0 Å². The molecule has 0 aliphatic heterocycles. The maximum Gasteiger partial charge on any atom is 0.0666 e. The highest BCUT2D eigenvalue weighted by Gasteiger charge is 2.07. The van der Waals surface area contributed by atoms with E-state index < -0.39 is 0 Å². The summed E-state index contributed by atoms with van der Waals surface area (Å²) in [6.45, 7) is 10.9. The first kappa shape index (κ1) is 12.2. The highest BCUT2D eigenvalue weighted by molar-refractivity contribution is 4.99. The van der Waals surface area contributed by atoms with Crippen LogP contribution in [0.3, 0.4) is 0 Å². The monoisotopic (exact) mass is 181 g/mol. The Bertz CT molecular complexity index is 193. The quantitative estimate of drug-likeness (QED) is 0.621. The van der Waals surface area contributed by atoms with Crippen LogP contribution >= 0.6 is 0 Å². The van der Waals surface area contributed by atoms with Crippen molar-refractivity contribution in [3.63, 3.8) is 0 Å². The first-order chi connectivity index (χ1) is 6.13. The van der Waals surface area contributed by atoms with E-state index in [1.165, 1.54) is 0 Å². The van der Waals surface area contributed by atoms with Crippen LogP contribution in [0.25, 0.3) is 0 Å². The van der Waals surface area contributed by atoms with E-state index in [1.807, 2.05) is 6.92 Å². The van der Waals surface area contributed by atoms with Gasteiger partial charge in [-0.25, -0.2) is 0 Å². The molecular formula is C10H19N3. The Morgan fingerprint density at radius 3 is 2.69 bits per heavy atom. The summed E-state index contributed by atoms with van der Waals surface area (Å²) in [6, 6.07) is 2.22. The van der Waals surface area contributed by atoms with Crippen molar-refractivity contribution in [1.82, 2.24) is 4.90 Å². The first-order valence-electron chi connectivity index (χ1n) is 4.62. The molecule has 1 atom stereocenters. The molecule has 0 heterocycles. The average Bonchev–Trinajstić information content (AvgIpc) is 2.16. The minimum atomic E-state index is 0.0746. The van der Waals surface area contributed by atoms with Gasteiger partial charge in [-0.1, -0.05) is 13.5 Å². The van der Waals surface area contributed by atoms with E-state index in [9.17, 15) is 0 Å². The van der Waals surface area contributed by atoms with Crippen molar-refractivity contribution in [2.24, 2.45) is 11.7 Å². The summed E-state index contributed by atoms with van der Waals surface area (Å²) in [7, 11) is 0. The molecule has 1 unspecified atom stereocenters. The number of nitrogens with two attached hydrogens (primary N) is 1. The molecule has 0 radical (unpaired) electrons. The molecule has 74 valence electrons. The second-order valence-corrected chi connectivity index (χ2v) is 3.31. The van der Waals surface area contributed by atoms with Gasteiger partial charge in [-0.3, -0.25) is 4.90 Å². The van der Waals surface area contributed by atoms with Gasteiger partial charge in [0.25, 0.3) is 0 Å². The maximum absolute atomic E-state index is 8.65. The lowest BCUT2D eigenvalue weighted by atomic mass is 10.2. The molecule has 3 nitrogen and oxygen atoms in total. The summed E-state index contributed by atoms with van der Waals surface area (Å²) in [5.41, 5.74) is 6.47. The molecule has 0 spiro atoms. The molecule has 0 aliphatic rings. The van der Waals surface area contributed by atoms with Crippen molar-refractivity contribution in [2.45, 2.75) is 13.8 Å². The number of hydrogen-bond donors (Lipinski definition) is 1. The maximum atomic E-state index is 8.65. The summed E-state index contributed by atoms with van der Waals surface area (Å²) < 4.78 is 0. The van der Waals surface area contributed by atoms with E-state index in [-0.39, 0.29) is 5.92 Å². The smallest absolute Gasteiger partial charge is 0.0666 e. The fourth-order valence-corrected chi connectivity index (χ4v) is 1.11. The van der Waals surface area contributed by atoms with Crippen molar-refractivity contribution in [1.29, 1.82) is 5.26 Å². The molecule has 0 aromatic rings. The van der Waals surface area contributed by atoms with E-state index >= 15 is 0 Å². The van der Waals surface area contributed by atoms with Crippen LogP contribution in [0.4, 0.5) is 0 Å². The molecule has 0 aromatic heterocycles. The molecule has 13 heavy (non-hydrogen) atoms. The number of likely N-dealkylation sites (N-methyl/N-ethyl adjacent to an activating group) is 1. The molecule has 0 bridgehead atoms. The van der Waals surface area contributed by atoms with Crippen molar-refractivity contribution >= 4 is 0 Å². The highest BCUT2D eigenvalue weighted by Crippen LogP contribution is 2.01. The Balaban J connectivity index is 3.90. The van der Waals surface area contributed by atoms with Gasteiger partial charge >= 0.3 is 0 Å². The lowest BCUT2D eigenvalue weighted by molar-refractivity contribution is 0.289. The Morgan fingerprint density at radius 1 is 1.69 bits per heavy atom. The number of hydrogen-bond acceptors (Lipinski definition) is 3. The summed E-state index contributed by atoms with van der Waals surface area (Å²) in [5, 5.41) is 8.65. The van der Waals surface area contributed by atoms with Crippen molar-refractivity contribution < 1.29 is 0 Å². The second kappa shape index (κ2) is 6.64. The normalized spacial score (nSPS) is 12.5. The first-order valence-corrected chi connectivity index (χ1v) is 4.62. The van der Waals surface area contributed by atoms with E-state index in [0.717, 1.165) is 25.2 Å². The fraction of sp³-hybridized carbons (Fsp3) is 0.700. The van der Waals surface area contributed by atoms with Crippen LogP contribution in [0.2, 0.25) is 0 Å². The lowest BCUT2D eigenvalue weighted by Gasteiger charge is -2.21. The molecule has 0 amide bonds. The third kappa shape index (κ3) is 5.40. The van der Waals surface area contributed by atoms with Crippen LogP contribution < -0.4 is 5.73 Å². The Hall–Kier alpha value is -0.850. The minimum absolute atomic E-state index is 0.0746. The standard InChI is InChI=1S/C10H19N3/c1-4-13(7-9(2)5-11)8-10(3)6-12/h10H,2,4-5,7-8,11H2,1,3H3. The van der Waals surface area contributed by atoms with Crippen LogP contribution in [0.1, 0.15) is 13.8 Å². The number of rotatable bonds is 6. The van der Waals surface area contributed by atoms with Gasteiger partial charge in [0.2, 0.25) is 0 Å². The summed E-state index contributed by atoms with van der Waals surface area (Å²) in [6.07, 6.45) is 0. The fourth-order valence-electron chi connectivity index (χ4n) is 1.11. The van der Waals surface area contributed by atoms with Gasteiger partial charge in [-0.15, -0.1) is 0 Å². The van der Waals surface area contributed by atoms with Gasteiger partial charge in [0.1, 0.15) is 0 Å². The van der Waals surface area contributed by atoms with Crippen LogP contribution in [0.5, 0.6) is 0 Å². The van der Waals surface area contributed by atoms with Gasteiger partial charge in [-0.2, -0.15) is 5.26 Å². The van der Waals surface area contributed by atoms with Gasteiger partial charge in [0, 0.05) is 19.6 Å². The molecule has 0 aromatic carbocycles. The van der Waals surface area contributed by atoms with Crippen LogP contribution in [0, 0.1) is 17.2 Å². The summed E-state index contributed by atoms with van der Waals surface area (Å²) in [5.74, 6) is 0.0746. The van der Waals surface area contributed by atoms with E-state index in [1.54, 1.807) is 0 Å². The molecule has 2 N–H and O–H groups in total. The summed E-state index contributed by atoms with van der Waals surface area (Å²) in [4.78, 5) is 2.18.